The van der Waals surface area contributed by atoms with E-state index in [1.54, 1.807) is 12.1 Å². The lowest BCUT2D eigenvalue weighted by atomic mass is 10.4. The van der Waals surface area contributed by atoms with Crippen molar-refractivity contribution in [1.29, 1.82) is 0 Å². The summed E-state index contributed by atoms with van der Waals surface area (Å²) in [5, 5.41) is 2.55. The quantitative estimate of drug-likeness (QED) is 0.559. The fourth-order valence-electron chi connectivity index (χ4n) is 1.87. The molecule has 11 heteroatoms. The average Bonchev–Trinajstić information content (AvgIpc) is 2.97. The second kappa shape index (κ2) is 7.64. The van der Waals surface area contributed by atoms with Crippen molar-refractivity contribution < 1.29 is 22.7 Å². The summed E-state index contributed by atoms with van der Waals surface area (Å²) in [5.41, 5.74) is 0.271. The zero-order chi connectivity index (χ0) is 18.6. The third kappa shape index (κ3) is 4.56. The van der Waals surface area contributed by atoms with Crippen LogP contribution in [0, 0.1) is 0 Å². The lowest BCUT2D eigenvalue weighted by Gasteiger charge is -2.07. The van der Waals surface area contributed by atoms with Crippen LogP contribution in [0.4, 0.5) is 5.69 Å². The number of sulfonamides is 1. The molecule has 0 aliphatic carbocycles. The van der Waals surface area contributed by atoms with Gasteiger partial charge in [0, 0.05) is 19.4 Å². The maximum Gasteiger partial charge on any atom is 0.355 e. The Morgan fingerprint density at radius 1 is 1.40 bits per heavy atom. The van der Waals surface area contributed by atoms with Crippen molar-refractivity contribution in [2.75, 3.05) is 19.0 Å². The molecule has 9 nitrogen and oxygen atoms in total. The molecule has 0 saturated carbocycles. The normalized spacial score (nSPS) is 11.2. The largest absolute Gasteiger partial charge is 0.451 e. The number of anilines is 1. The van der Waals surface area contributed by atoms with Gasteiger partial charge in [-0.05, 0) is 25.2 Å². The first-order valence-corrected chi connectivity index (χ1v) is 8.78. The minimum atomic E-state index is -3.69. The Morgan fingerprint density at radius 2 is 2.12 bits per heavy atom. The number of carbonyl (C=O) groups is 2. The molecular weight excluding hydrogens is 372 g/mol. The summed E-state index contributed by atoms with van der Waals surface area (Å²) in [6, 6.07) is 4.28. The van der Waals surface area contributed by atoms with Crippen molar-refractivity contribution in [2.45, 2.75) is 4.90 Å². The zero-order valence-corrected chi connectivity index (χ0v) is 14.9. The van der Waals surface area contributed by atoms with Gasteiger partial charge >= 0.3 is 5.97 Å². The molecule has 134 valence electrons. The molecule has 2 rings (SSSR count). The number of aromatic nitrogens is 2. The molecule has 2 N–H and O–H groups in total. The molecule has 0 aliphatic rings. The van der Waals surface area contributed by atoms with E-state index in [2.05, 4.69) is 15.0 Å². The highest BCUT2D eigenvalue weighted by atomic mass is 35.5. The number of rotatable bonds is 6. The number of carbonyl (C=O) groups excluding carboxylic acids is 2. The van der Waals surface area contributed by atoms with E-state index in [4.69, 9.17) is 16.3 Å². The van der Waals surface area contributed by atoms with Gasteiger partial charge in [0.1, 0.15) is 10.6 Å². The Labute approximate surface area is 149 Å². The highest BCUT2D eigenvalue weighted by molar-refractivity contribution is 7.89. The van der Waals surface area contributed by atoms with Crippen molar-refractivity contribution in [1.82, 2.24) is 14.3 Å². The molecule has 0 spiro atoms. The number of pyridine rings is 1. The molecule has 2 heterocycles. The smallest absolute Gasteiger partial charge is 0.355 e. The van der Waals surface area contributed by atoms with Crippen molar-refractivity contribution in [3.63, 3.8) is 0 Å². The maximum atomic E-state index is 12.0. The molecule has 0 bridgehead atoms. The molecular formula is C14H15ClN4O5S. The molecule has 0 unspecified atom stereocenters. The second-order valence-electron chi connectivity index (χ2n) is 4.85. The van der Waals surface area contributed by atoms with Gasteiger partial charge in [0.2, 0.25) is 10.0 Å². The van der Waals surface area contributed by atoms with E-state index in [9.17, 15) is 18.0 Å². The van der Waals surface area contributed by atoms with Crippen LogP contribution >= 0.6 is 11.6 Å². The molecule has 25 heavy (non-hydrogen) atoms. The van der Waals surface area contributed by atoms with Crippen LogP contribution in [0.15, 0.2) is 35.5 Å². The number of nitrogens with zero attached hydrogens (tertiary/aromatic N) is 2. The summed E-state index contributed by atoms with van der Waals surface area (Å²) in [6.45, 7) is -0.566. The number of amides is 1. The third-order valence-electron chi connectivity index (χ3n) is 3.14. The Hall–Kier alpha value is -2.43. The van der Waals surface area contributed by atoms with Gasteiger partial charge in [-0.25, -0.2) is 22.9 Å². The molecule has 2 aromatic heterocycles. The number of hydrogen-bond acceptors (Lipinski definition) is 6. The van der Waals surface area contributed by atoms with E-state index in [0.717, 1.165) is 6.07 Å². The summed E-state index contributed by atoms with van der Waals surface area (Å²) in [5.74, 6) is -1.45. The topological polar surface area (TPSA) is 119 Å². The van der Waals surface area contributed by atoms with Gasteiger partial charge in [-0.2, -0.15) is 0 Å². The number of aryl methyl sites for hydroxylation is 1. The number of ether oxygens (including phenoxy) is 1. The highest BCUT2D eigenvalue weighted by Crippen LogP contribution is 2.17. The van der Waals surface area contributed by atoms with Crippen LogP contribution in [-0.4, -0.2) is 43.5 Å². The molecule has 0 aromatic carbocycles. The van der Waals surface area contributed by atoms with Crippen LogP contribution in [-0.2, 0) is 26.6 Å². The van der Waals surface area contributed by atoms with Crippen LogP contribution in [0.1, 0.15) is 10.5 Å². The van der Waals surface area contributed by atoms with Crippen LogP contribution in [0.5, 0.6) is 0 Å². The van der Waals surface area contributed by atoms with Crippen LogP contribution in [0.25, 0.3) is 0 Å². The lowest BCUT2D eigenvalue weighted by molar-refractivity contribution is -0.119. The molecule has 0 atom stereocenters. The number of nitrogens with one attached hydrogen (secondary N) is 2. The fourth-order valence-corrected chi connectivity index (χ4v) is 2.84. The summed E-state index contributed by atoms with van der Waals surface area (Å²) in [6.07, 6.45) is 2.72. The van der Waals surface area contributed by atoms with E-state index < -0.39 is 28.5 Å². The predicted octanol–water partition coefficient (Wildman–Crippen LogP) is 0.777. The van der Waals surface area contributed by atoms with Gasteiger partial charge in [-0.15, -0.1) is 0 Å². The van der Waals surface area contributed by atoms with E-state index in [-0.39, 0.29) is 21.4 Å². The molecule has 0 saturated heterocycles. The average molecular weight is 387 g/mol. The summed E-state index contributed by atoms with van der Waals surface area (Å²) in [4.78, 5) is 27.6. The number of hydrogen-bond donors (Lipinski definition) is 2. The van der Waals surface area contributed by atoms with Crippen molar-refractivity contribution >= 4 is 39.2 Å². The van der Waals surface area contributed by atoms with Crippen molar-refractivity contribution in [2.24, 2.45) is 7.05 Å². The first-order chi connectivity index (χ1) is 11.7. The van der Waals surface area contributed by atoms with Gasteiger partial charge in [-0.3, -0.25) is 4.79 Å². The number of esters is 1. The van der Waals surface area contributed by atoms with Gasteiger partial charge in [0.05, 0.1) is 5.69 Å². The van der Waals surface area contributed by atoms with E-state index >= 15 is 0 Å². The Bertz CT molecular complexity index is 910. The van der Waals surface area contributed by atoms with Gasteiger partial charge in [0.15, 0.2) is 11.8 Å². The minimum absolute atomic E-state index is 0.0129. The molecule has 2 aromatic rings. The Balaban J connectivity index is 2.01. The summed E-state index contributed by atoms with van der Waals surface area (Å²) in [7, 11) is -0.945. The fraction of sp³-hybridized carbons (Fsp3) is 0.214. The predicted molar refractivity (Wildman–Crippen MR) is 89.8 cm³/mol. The Morgan fingerprint density at radius 3 is 2.76 bits per heavy atom. The van der Waals surface area contributed by atoms with E-state index in [0.29, 0.717) is 0 Å². The molecule has 0 fully saturated rings. The van der Waals surface area contributed by atoms with Crippen LogP contribution < -0.4 is 10.0 Å². The molecule has 1 amide bonds. The van der Waals surface area contributed by atoms with Gasteiger partial charge in [-0.1, -0.05) is 11.6 Å². The van der Waals surface area contributed by atoms with E-state index in [1.165, 1.54) is 31.1 Å². The van der Waals surface area contributed by atoms with Crippen LogP contribution in [0.3, 0.4) is 0 Å². The van der Waals surface area contributed by atoms with Crippen molar-refractivity contribution in [3.05, 3.63) is 41.4 Å². The minimum Gasteiger partial charge on any atom is -0.451 e. The summed E-state index contributed by atoms with van der Waals surface area (Å²) < 4.78 is 31.8. The van der Waals surface area contributed by atoms with Gasteiger partial charge < -0.3 is 14.6 Å². The number of halogens is 1. The first-order valence-electron chi connectivity index (χ1n) is 6.92. The standard InChI is InChI=1S/C14H15ClN4O5S/c1-16-25(22,23)9-6-11(19(2)7-9)14(21)24-8-12(20)18-10-4-3-5-17-13(10)15/h3-7,16H,8H2,1-2H3,(H,18,20). The summed E-state index contributed by atoms with van der Waals surface area (Å²) >= 11 is 5.81. The zero-order valence-electron chi connectivity index (χ0n) is 13.3. The van der Waals surface area contributed by atoms with Crippen molar-refractivity contribution in [3.8, 4) is 0 Å². The highest BCUT2D eigenvalue weighted by Gasteiger charge is 2.20. The third-order valence-corrected chi connectivity index (χ3v) is 4.82. The monoisotopic (exact) mass is 386 g/mol. The van der Waals surface area contributed by atoms with Crippen LogP contribution in [0.2, 0.25) is 5.15 Å². The van der Waals surface area contributed by atoms with E-state index in [1.807, 2.05) is 0 Å². The SMILES string of the molecule is CNS(=O)(=O)c1cc(C(=O)OCC(=O)Nc2cccnc2Cl)n(C)c1. The molecule has 0 radical (unpaired) electrons. The first kappa shape index (κ1) is 18.9. The molecule has 0 aliphatic heterocycles. The van der Waals surface area contributed by atoms with Gasteiger partial charge in [0.25, 0.3) is 5.91 Å². The second-order valence-corrected chi connectivity index (χ2v) is 7.09. The Kier molecular flexibility index (Phi) is 5.77. The lowest BCUT2D eigenvalue weighted by Crippen LogP contribution is -2.22. The maximum absolute atomic E-state index is 12.0.